The highest BCUT2D eigenvalue weighted by Crippen LogP contribution is 2.22. The number of nitrogens with zero attached hydrogens (tertiary/aromatic N) is 3. The Kier molecular flexibility index (Phi) is 3.26. The van der Waals surface area contributed by atoms with Crippen molar-refractivity contribution in [2.24, 2.45) is 0 Å². The molecule has 2 rings (SSSR count). The Balaban J connectivity index is 2.13. The van der Waals surface area contributed by atoms with Crippen LogP contribution in [0.25, 0.3) is 0 Å². The summed E-state index contributed by atoms with van der Waals surface area (Å²) in [5.74, 6) is 1.49. The van der Waals surface area contributed by atoms with Gasteiger partial charge in [-0.25, -0.2) is 9.97 Å². The van der Waals surface area contributed by atoms with E-state index in [0.717, 1.165) is 31.7 Å². The third-order valence-corrected chi connectivity index (χ3v) is 2.88. The normalized spacial score (nSPS) is 21.5. The number of aromatic nitrogens is 2. The smallest absolute Gasteiger partial charge is 0.218 e. The van der Waals surface area contributed by atoms with Crippen molar-refractivity contribution in [2.45, 2.75) is 18.2 Å². The van der Waals surface area contributed by atoms with Crippen molar-refractivity contribution in [3.63, 3.8) is 0 Å². The molecule has 0 saturated carbocycles. The maximum Gasteiger partial charge on any atom is 0.218 e. The molecule has 1 unspecified atom stereocenters. The van der Waals surface area contributed by atoms with Gasteiger partial charge in [-0.05, 0) is 12.8 Å². The van der Waals surface area contributed by atoms with Crippen LogP contribution in [0.1, 0.15) is 12.8 Å². The van der Waals surface area contributed by atoms with Crippen molar-refractivity contribution in [2.75, 3.05) is 25.1 Å². The Morgan fingerprint density at radius 3 is 3.13 bits per heavy atom. The predicted octanol–water partition coefficient (Wildman–Crippen LogP) is 1.69. The quantitative estimate of drug-likeness (QED) is 0.721. The van der Waals surface area contributed by atoms with E-state index in [1.165, 1.54) is 6.33 Å². The second kappa shape index (κ2) is 4.66. The number of halogens is 1. The maximum absolute atomic E-state index is 6.12. The summed E-state index contributed by atoms with van der Waals surface area (Å²) < 4.78 is 5.06. The van der Waals surface area contributed by atoms with Gasteiger partial charge in [0.05, 0.1) is 12.5 Å². The van der Waals surface area contributed by atoms with Gasteiger partial charge in [-0.15, -0.1) is 11.6 Å². The number of anilines is 1. The molecule has 0 spiro atoms. The van der Waals surface area contributed by atoms with Crippen LogP contribution in [0.3, 0.4) is 0 Å². The highest BCUT2D eigenvalue weighted by molar-refractivity contribution is 6.21. The van der Waals surface area contributed by atoms with Gasteiger partial charge in [0, 0.05) is 19.2 Å². The van der Waals surface area contributed by atoms with Crippen LogP contribution in [-0.2, 0) is 0 Å². The van der Waals surface area contributed by atoms with E-state index in [2.05, 4.69) is 14.9 Å². The molecule has 0 bridgehead atoms. The largest absolute Gasteiger partial charge is 0.481 e. The maximum atomic E-state index is 6.12. The lowest BCUT2D eigenvalue weighted by Crippen LogP contribution is -2.36. The minimum Gasteiger partial charge on any atom is -0.481 e. The van der Waals surface area contributed by atoms with Gasteiger partial charge in [-0.2, -0.15) is 0 Å². The molecule has 1 fully saturated rings. The zero-order valence-corrected chi connectivity index (χ0v) is 9.44. The second-order valence-electron chi connectivity index (χ2n) is 3.60. The number of piperidine rings is 1. The van der Waals surface area contributed by atoms with Gasteiger partial charge in [0.2, 0.25) is 5.88 Å². The molecule has 0 N–H and O–H groups in total. The van der Waals surface area contributed by atoms with E-state index in [4.69, 9.17) is 16.3 Å². The van der Waals surface area contributed by atoms with E-state index in [0.29, 0.717) is 5.88 Å². The van der Waals surface area contributed by atoms with E-state index >= 15 is 0 Å². The van der Waals surface area contributed by atoms with Gasteiger partial charge in [-0.3, -0.25) is 0 Å². The number of alkyl halides is 1. The first-order valence-electron chi connectivity index (χ1n) is 5.04. The number of ether oxygens (including phenoxy) is 1. The van der Waals surface area contributed by atoms with Crippen molar-refractivity contribution in [1.82, 2.24) is 9.97 Å². The highest BCUT2D eigenvalue weighted by atomic mass is 35.5. The van der Waals surface area contributed by atoms with Crippen LogP contribution in [0.5, 0.6) is 5.88 Å². The average Bonchev–Trinajstić information content (AvgIpc) is 2.29. The van der Waals surface area contributed by atoms with Gasteiger partial charge in [-0.1, -0.05) is 0 Å². The summed E-state index contributed by atoms with van der Waals surface area (Å²) in [7, 11) is 1.60. The first-order chi connectivity index (χ1) is 7.29. The molecule has 15 heavy (non-hydrogen) atoms. The van der Waals surface area contributed by atoms with E-state index in [9.17, 15) is 0 Å². The summed E-state index contributed by atoms with van der Waals surface area (Å²) in [6.07, 6.45) is 3.72. The minimum absolute atomic E-state index is 0.222. The minimum atomic E-state index is 0.222. The molecule has 5 heteroatoms. The lowest BCUT2D eigenvalue weighted by atomic mass is 10.1. The Labute approximate surface area is 94.2 Å². The Bertz CT molecular complexity index is 334. The SMILES string of the molecule is COc1cc(N2CCCC(Cl)C2)ncn1. The van der Waals surface area contributed by atoms with Crippen LogP contribution >= 0.6 is 11.6 Å². The van der Waals surface area contributed by atoms with E-state index in [1.54, 1.807) is 7.11 Å². The molecule has 82 valence electrons. The molecule has 1 aliphatic heterocycles. The van der Waals surface area contributed by atoms with Gasteiger partial charge in [0.25, 0.3) is 0 Å². The molecular weight excluding hydrogens is 214 g/mol. The topological polar surface area (TPSA) is 38.2 Å². The molecule has 1 aromatic heterocycles. The molecule has 0 aliphatic carbocycles. The van der Waals surface area contributed by atoms with E-state index in [1.807, 2.05) is 6.07 Å². The molecule has 1 aromatic rings. The standard InChI is InChI=1S/C10H14ClN3O/c1-15-10-5-9(12-7-13-10)14-4-2-3-8(11)6-14/h5,7-8H,2-4,6H2,1H3. The molecule has 1 atom stereocenters. The highest BCUT2D eigenvalue weighted by Gasteiger charge is 2.19. The second-order valence-corrected chi connectivity index (χ2v) is 4.22. The van der Waals surface area contributed by atoms with Gasteiger partial charge >= 0.3 is 0 Å². The predicted molar refractivity (Wildman–Crippen MR) is 59.7 cm³/mol. The third-order valence-electron chi connectivity index (χ3n) is 2.52. The van der Waals surface area contributed by atoms with Crippen molar-refractivity contribution >= 4 is 17.4 Å². The summed E-state index contributed by atoms with van der Waals surface area (Å²) in [5.41, 5.74) is 0. The molecule has 2 heterocycles. The average molecular weight is 228 g/mol. The number of methoxy groups -OCH3 is 1. The molecule has 4 nitrogen and oxygen atoms in total. The van der Waals surface area contributed by atoms with E-state index < -0.39 is 0 Å². The number of hydrogen-bond donors (Lipinski definition) is 0. The van der Waals surface area contributed by atoms with Crippen molar-refractivity contribution in [3.8, 4) is 5.88 Å². The van der Waals surface area contributed by atoms with Crippen LogP contribution in [0, 0.1) is 0 Å². The first kappa shape index (κ1) is 10.5. The Morgan fingerprint density at radius 1 is 1.53 bits per heavy atom. The molecule has 0 aromatic carbocycles. The molecule has 0 amide bonds. The lowest BCUT2D eigenvalue weighted by molar-refractivity contribution is 0.396. The summed E-state index contributed by atoms with van der Waals surface area (Å²) in [6.45, 7) is 1.85. The monoisotopic (exact) mass is 227 g/mol. The van der Waals surface area contributed by atoms with Crippen LogP contribution < -0.4 is 9.64 Å². The van der Waals surface area contributed by atoms with Crippen LogP contribution in [-0.4, -0.2) is 35.5 Å². The van der Waals surface area contributed by atoms with Crippen molar-refractivity contribution in [3.05, 3.63) is 12.4 Å². The fourth-order valence-corrected chi connectivity index (χ4v) is 2.07. The third kappa shape index (κ3) is 2.50. The summed E-state index contributed by atoms with van der Waals surface area (Å²) in [5, 5.41) is 0.222. The summed E-state index contributed by atoms with van der Waals surface area (Å²) in [6, 6.07) is 1.84. The molecule has 1 aliphatic rings. The Hall–Kier alpha value is -1.03. The number of hydrogen-bond acceptors (Lipinski definition) is 4. The lowest BCUT2D eigenvalue weighted by Gasteiger charge is -2.30. The summed E-state index contributed by atoms with van der Waals surface area (Å²) >= 11 is 6.12. The molecule has 1 saturated heterocycles. The van der Waals surface area contributed by atoms with Crippen molar-refractivity contribution in [1.29, 1.82) is 0 Å². The zero-order chi connectivity index (χ0) is 10.7. The van der Waals surface area contributed by atoms with Gasteiger partial charge < -0.3 is 9.64 Å². The molecule has 0 radical (unpaired) electrons. The first-order valence-corrected chi connectivity index (χ1v) is 5.48. The van der Waals surface area contributed by atoms with Gasteiger partial charge in [0.15, 0.2) is 0 Å². The number of rotatable bonds is 2. The zero-order valence-electron chi connectivity index (χ0n) is 8.69. The van der Waals surface area contributed by atoms with Crippen LogP contribution in [0.2, 0.25) is 0 Å². The molecular formula is C10H14ClN3O. The van der Waals surface area contributed by atoms with E-state index in [-0.39, 0.29) is 5.38 Å². The fourth-order valence-electron chi connectivity index (χ4n) is 1.75. The van der Waals surface area contributed by atoms with Crippen LogP contribution in [0.4, 0.5) is 5.82 Å². The summed E-state index contributed by atoms with van der Waals surface area (Å²) in [4.78, 5) is 10.4. The fraction of sp³-hybridized carbons (Fsp3) is 0.600. The van der Waals surface area contributed by atoms with Crippen LogP contribution in [0.15, 0.2) is 12.4 Å². The van der Waals surface area contributed by atoms with Gasteiger partial charge in [0.1, 0.15) is 12.1 Å². The van der Waals surface area contributed by atoms with Crippen molar-refractivity contribution < 1.29 is 4.74 Å². The Morgan fingerprint density at radius 2 is 2.40 bits per heavy atom.